The van der Waals surface area contributed by atoms with Gasteiger partial charge in [0.05, 0.1) is 22.2 Å². The minimum absolute atomic E-state index is 0.0395. The van der Waals surface area contributed by atoms with E-state index in [2.05, 4.69) is 10.3 Å². The van der Waals surface area contributed by atoms with Crippen molar-refractivity contribution in [3.8, 4) is 16.9 Å². The van der Waals surface area contributed by atoms with Gasteiger partial charge in [-0.1, -0.05) is 17.7 Å². The fourth-order valence-electron chi connectivity index (χ4n) is 5.25. The van der Waals surface area contributed by atoms with Crippen LogP contribution in [0.15, 0.2) is 48.7 Å². The number of nitrogens with two attached hydrogens (primary N) is 1. The van der Waals surface area contributed by atoms with E-state index < -0.39 is 11.6 Å². The largest absolute Gasteiger partial charge is 0.496 e. The lowest BCUT2D eigenvalue weighted by Gasteiger charge is -2.37. The molecule has 1 aliphatic rings. The minimum Gasteiger partial charge on any atom is -0.496 e. The van der Waals surface area contributed by atoms with Crippen LogP contribution in [0.2, 0.25) is 5.02 Å². The number of carbonyl (C=O) groups excluding carboxylic acids is 1. The first-order valence-corrected chi connectivity index (χ1v) is 13.9. The van der Waals surface area contributed by atoms with E-state index in [-0.39, 0.29) is 38.5 Å². The Labute approximate surface area is 234 Å². The number of carbonyl (C=O) groups is 1. The molecule has 1 amide bonds. The van der Waals surface area contributed by atoms with Crippen LogP contribution in [0.1, 0.15) is 40.9 Å². The quantitative estimate of drug-likeness (QED) is 0.260. The fraction of sp³-hybridized carbons (Fsp3) is 0.310. The van der Waals surface area contributed by atoms with Crippen molar-refractivity contribution in [2.75, 3.05) is 19.9 Å². The molecule has 0 unspecified atom stereocenters. The molecule has 4 aromatic rings. The first-order valence-electron chi connectivity index (χ1n) is 12.7. The molecule has 6 nitrogen and oxygen atoms in total. The van der Waals surface area contributed by atoms with Crippen LogP contribution >= 0.6 is 22.9 Å². The molecule has 2 aromatic carbocycles. The number of nitrogens with zero attached hydrogens (tertiary/aromatic N) is 2. The summed E-state index contributed by atoms with van der Waals surface area (Å²) in [5.74, 6) is -0.559. The maximum Gasteiger partial charge on any atom is 0.266 e. The number of pyridine rings is 1. The average molecular weight is 571 g/mol. The van der Waals surface area contributed by atoms with Crippen molar-refractivity contribution in [2.45, 2.75) is 44.3 Å². The van der Waals surface area contributed by atoms with Gasteiger partial charge in [-0.2, -0.15) is 0 Å². The highest BCUT2D eigenvalue weighted by Gasteiger charge is 2.33. The first kappa shape index (κ1) is 27.3. The summed E-state index contributed by atoms with van der Waals surface area (Å²) >= 11 is 7.43. The number of nitrogen functional groups attached to an aromatic ring is 1. The van der Waals surface area contributed by atoms with Crippen LogP contribution in [0.5, 0.6) is 5.75 Å². The summed E-state index contributed by atoms with van der Waals surface area (Å²) in [6.07, 6.45) is 5.08. The molecule has 1 aliphatic carbocycles. The third-order valence-corrected chi connectivity index (χ3v) is 9.10. The normalized spacial score (nSPS) is 17.4. The molecule has 0 aliphatic heterocycles. The number of ether oxygens (including phenoxy) is 1. The van der Waals surface area contributed by atoms with E-state index in [9.17, 15) is 13.6 Å². The van der Waals surface area contributed by atoms with Gasteiger partial charge in [0.15, 0.2) is 0 Å². The van der Waals surface area contributed by atoms with E-state index in [0.717, 1.165) is 65.8 Å². The van der Waals surface area contributed by atoms with Crippen LogP contribution in [0.4, 0.5) is 14.6 Å². The van der Waals surface area contributed by atoms with E-state index in [4.69, 9.17) is 22.1 Å². The van der Waals surface area contributed by atoms with Crippen molar-refractivity contribution in [3.63, 3.8) is 0 Å². The molecule has 0 radical (unpaired) electrons. The lowest BCUT2D eigenvalue weighted by atomic mass is 9.89. The summed E-state index contributed by atoms with van der Waals surface area (Å²) < 4.78 is 34.9. The molecule has 10 heteroatoms. The molecule has 2 heterocycles. The number of nitrogens with one attached hydrogen (secondary N) is 1. The predicted molar refractivity (Wildman–Crippen MR) is 152 cm³/mol. The number of thiophene rings is 1. The number of methoxy groups -OCH3 is 1. The Hall–Kier alpha value is -3.27. The Morgan fingerprint density at radius 1 is 1.13 bits per heavy atom. The summed E-state index contributed by atoms with van der Waals surface area (Å²) in [6, 6.07) is 11.8. The zero-order valence-electron chi connectivity index (χ0n) is 21.6. The molecule has 3 N–H and O–H groups in total. The molecule has 204 valence electrons. The number of aromatic nitrogens is 1. The standard InChI is InChI=1S/C29H29ClF2N4O2S/c1-34-19-5-7-20(8-6-19)36(29(37)28-26(30)25-21(31)9-10-22(32)27(25)39-28)15-18-13-16(3-11-23(18)38-2)17-4-12-24(33)35-14-17/h3-4,9-14,19-20,34H,5-8,15H2,1-2H3,(H2,33,35). The topological polar surface area (TPSA) is 80.5 Å². The van der Waals surface area contributed by atoms with Gasteiger partial charge in [0.25, 0.3) is 5.91 Å². The number of halogens is 3. The lowest BCUT2D eigenvalue weighted by molar-refractivity contribution is 0.0604. The van der Waals surface area contributed by atoms with E-state index in [1.165, 1.54) is 0 Å². The number of benzene rings is 2. The maximum atomic E-state index is 14.6. The van der Waals surface area contributed by atoms with Gasteiger partial charge in [-0.25, -0.2) is 13.8 Å². The molecule has 0 spiro atoms. The van der Waals surface area contributed by atoms with Crippen LogP contribution in [-0.4, -0.2) is 42.0 Å². The van der Waals surface area contributed by atoms with Gasteiger partial charge >= 0.3 is 0 Å². The first-order chi connectivity index (χ1) is 18.8. The molecule has 1 saturated carbocycles. The number of hydrogen-bond acceptors (Lipinski definition) is 6. The maximum absolute atomic E-state index is 14.6. The second kappa shape index (κ2) is 11.5. The van der Waals surface area contributed by atoms with Gasteiger partial charge in [-0.15, -0.1) is 11.3 Å². The second-order valence-electron chi connectivity index (χ2n) is 9.70. The predicted octanol–water partition coefficient (Wildman–Crippen LogP) is 6.66. The Kier molecular flexibility index (Phi) is 8.02. The summed E-state index contributed by atoms with van der Waals surface area (Å²) in [4.78, 5) is 20.2. The van der Waals surface area contributed by atoms with Crippen molar-refractivity contribution in [1.82, 2.24) is 15.2 Å². The van der Waals surface area contributed by atoms with Crippen LogP contribution < -0.4 is 15.8 Å². The minimum atomic E-state index is -0.653. The van der Waals surface area contributed by atoms with Gasteiger partial charge < -0.3 is 20.7 Å². The number of fused-ring (bicyclic) bond motifs is 1. The van der Waals surface area contributed by atoms with E-state index in [1.807, 2.05) is 31.3 Å². The van der Waals surface area contributed by atoms with Gasteiger partial charge in [0.2, 0.25) is 0 Å². The third-order valence-electron chi connectivity index (χ3n) is 7.42. The van der Waals surface area contributed by atoms with E-state index >= 15 is 0 Å². The van der Waals surface area contributed by atoms with Crippen LogP contribution in [0.3, 0.4) is 0 Å². The van der Waals surface area contributed by atoms with Gasteiger partial charge in [0, 0.05) is 36.0 Å². The summed E-state index contributed by atoms with van der Waals surface area (Å²) in [5.41, 5.74) is 8.33. The van der Waals surface area contributed by atoms with Crippen LogP contribution in [0.25, 0.3) is 21.2 Å². The second-order valence-corrected chi connectivity index (χ2v) is 11.1. The molecular formula is C29H29ClF2N4O2S. The van der Waals surface area contributed by atoms with Crippen molar-refractivity contribution in [2.24, 2.45) is 0 Å². The lowest BCUT2D eigenvalue weighted by Crippen LogP contribution is -2.44. The number of rotatable bonds is 7. The molecule has 0 saturated heterocycles. The van der Waals surface area contributed by atoms with Crippen LogP contribution in [0, 0.1) is 11.6 Å². The van der Waals surface area contributed by atoms with Gasteiger partial charge in [0.1, 0.15) is 28.1 Å². The molecule has 39 heavy (non-hydrogen) atoms. The van der Waals surface area contributed by atoms with E-state index in [0.29, 0.717) is 17.6 Å². The summed E-state index contributed by atoms with van der Waals surface area (Å²) in [6.45, 7) is 0.239. The Morgan fingerprint density at radius 2 is 1.85 bits per heavy atom. The molecule has 1 fully saturated rings. The average Bonchev–Trinajstić information content (AvgIpc) is 3.32. The van der Waals surface area contributed by atoms with Gasteiger partial charge in [-0.3, -0.25) is 4.79 Å². The Balaban J connectivity index is 1.55. The number of amides is 1. The van der Waals surface area contributed by atoms with Crippen molar-refractivity contribution >= 4 is 44.7 Å². The molecule has 5 rings (SSSR count). The highest BCUT2D eigenvalue weighted by Crippen LogP contribution is 2.40. The Bertz CT molecular complexity index is 1500. The van der Waals surface area contributed by atoms with Gasteiger partial charge in [-0.05, 0) is 74.7 Å². The monoisotopic (exact) mass is 570 g/mol. The zero-order valence-corrected chi connectivity index (χ0v) is 23.2. The fourth-order valence-corrected chi connectivity index (χ4v) is 6.75. The summed E-state index contributed by atoms with van der Waals surface area (Å²) in [5, 5.41) is 3.21. The number of anilines is 1. The molecule has 0 bridgehead atoms. The molecule has 0 atom stereocenters. The van der Waals surface area contributed by atoms with E-state index in [1.54, 1.807) is 24.3 Å². The zero-order chi connectivity index (χ0) is 27.7. The SMILES string of the molecule is CNC1CCC(N(Cc2cc(-c3ccc(N)nc3)ccc2OC)C(=O)c2sc3c(F)ccc(F)c3c2Cl)CC1. The number of hydrogen-bond donors (Lipinski definition) is 2. The van der Waals surface area contributed by atoms with Crippen molar-refractivity contribution < 1.29 is 18.3 Å². The molecule has 2 aromatic heterocycles. The van der Waals surface area contributed by atoms with Crippen molar-refractivity contribution in [3.05, 3.63) is 75.8 Å². The molecular weight excluding hydrogens is 542 g/mol. The van der Waals surface area contributed by atoms with Crippen LogP contribution in [-0.2, 0) is 6.54 Å². The highest BCUT2D eigenvalue weighted by molar-refractivity contribution is 7.21. The highest BCUT2D eigenvalue weighted by atomic mass is 35.5. The Morgan fingerprint density at radius 3 is 2.49 bits per heavy atom. The van der Waals surface area contributed by atoms with Crippen molar-refractivity contribution in [1.29, 1.82) is 0 Å². The third kappa shape index (κ3) is 5.44. The smallest absolute Gasteiger partial charge is 0.266 e. The summed E-state index contributed by atoms with van der Waals surface area (Å²) in [7, 11) is 3.53.